The van der Waals surface area contributed by atoms with Gasteiger partial charge in [0.2, 0.25) is 0 Å². The van der Waals surface area contributed by atoms with E-state index in [0.29, 0.717) is 31.4 Å². The highest BCUT2D eigenvalue weighted by Crippen LogP contribution is 2.38. The quantitative estimate of drug-likeness (QED) is 0.105. The molecule has 8 rings (SSSR count). The number of hydrogen-bond acceptors (Lipinski definition) is 11. The fourth-order valence-electron chi connectivity index (χ4n) is 8.98. The Bertz CT molecular complexity index is 2540. The zero-order valence-corrected chi connectivity index (χ0v) is 38.3. The van der Waals surface area contributed by atoms with Crippen molar-refractivity contribution in [2.75, 3.05) is 68.4 Å². The van der Waals surface area contributed by atoms with E-state index in [1.165, 1.54) is 53.4 Å². The lowest BCUT2D eigenvalue weighted by atomic mass is 9.87. The van der Waals surface area contributed by atoms with Crippen LogP contribution in [0.25, 0.3) is 5.57 Å². The number of carbonyl (C=O) groups excluding carboxylic acids is 1. The number of nitrogens with zero attached hydrogens (tertiary/aromatic N) is 3. The molecule has 18 heteroatoms. The number of sulfone groups is 1. The Morgan fingerprint density at radius 2 is 1.61 bits per heavy atom. The average molecular weight is 959 g/mol. The van der Waals surface area contributed by atoms with Gasteiger partial charge in [-0.1, -0.05) is 47.5 Å². The zero-order valence-electron chi connectivity index (χ0n) is 35.1. The van der Waals surface area contributed by atoms with Crippen molar-refractivity contribution in [3.05, 3.63) is 119 Å². The summed E-state index contributed by atoms with van der Waals surface area (Å²) in [5.74, 6) is -0.639. The smallest absolute Gasteiger partial charge is 0.380 e. The Morgan fingerprint density at radius 1 is 0.891 bits per heavy atom. The van der Waals surface area contributed by atoms with Crippen LogP contribution < -0.4 is 14.9 Å². The van der Waals surface area contributed by atoms with Crippen molar-refractivity contribution in [1.82, 2.24) is 14.5 Å². The predicted molar refractivity (Wildman–Crippen MR) is 245 cm³/mol. The molecule has 1 amide bonds. The van der Waals surface area contributed by atoms with Crippen LogP contribution in [0.1, 0.15) is 54.4 Å². The van der Waals surface area contributed by atoms with Crippen LogP contribution in [0.2, 0.25) is 5.02 Å². The van der Waals surface area contributed by atoms with Gasteiger partial charge >= 0.3 is 5.51 Å². The van der Waals surface area contributed by atoms with E-state index in [2.05, 4.69) is 32.1 Å². The lowest BCUT2D eigenvalue weighted by Gasteiger charge is -2.37. The number of ether oxygens (including phenoxy) is 1. The summed E-state index contributed by atoms with van der Waals surface area (Å²) >= 11 is 7.61. The van der Waals surface area contributed by atoms with E-state index in [-0.39, 0.29) is 17.7 Å². The molecule has 3 atom stereocenters. The van der Waals surface area contributed by atoms with Gasteiger partial charge in [0.05, 0.1) is 23.3 Å². The van der Waals surface area contributed by atoms with Gasteiger partial charge in [-0.05, 0) is 116 Å². The van der Waals surface area contributed by atoms with Gasteiger partial charge in [-0.3, -0.25) is 14.6 Å². The first-order valence-electron chi connectivity index (χ1n) is 21.5. The number of rotatable bonds is 16. The molecule has 2 unspecified atom stereocenters. The summed E-state index contributed by atoms with van der Waals surface area (Å²) in [6.07, 6.45) is 5.98. The number of allylic oxidation sites excluding steroid dienone is 1. The molecular formula is C46H51ClF3N5O6S3. The van der Waals surface area contributed by atoms with Gasteiger partial charge in [-0.15, -0.1) is 11.8 Å². The molecule has 0 spiro atoms. The van der Waals surface area contributed by atoms with Crippen LogP contribution in [0.3, 0.4) is 0 Å². The molecule has 342 valence electrons. The molecule has 2 N–H and O–H groups in total. The summed E-state index contributed by atoms with van der Waals surface area (Å²) < 4.78 is 104. The molecule has 64 heavy (non-hydrogen) atoms. The molecule has 3 fully saturated rings. The highest BCUT2D eigenvalue weighted by molar-refractivity contribution is 7.99. The first-order valence-corrected chi connectivity index (χ1v) is 25.8. The summed E-state index contributed by atoms with van der Waals surface area (Å²) in [5.41, 5.74) is -1.17. The van der Waals surface area contributed by atoms with Gasteiger partial charge in [0.15, 0.2) is 0 Å². The van der Waals surface area contributed by atoms with E-state index < -0.39 is 52.8 Å². The maximum absolute atomic E-state index is 14.2. The zero-order chi connectivity index (χ0) is 45.1. The summed E-state index contributed by atoms with van der Waals surface area (Å²) in [4.78, 5) is 19.1. The Morgan fingerprint density at radius 3 is 2.28 bits per heavy atom. The van der Waals surface area contributed by atoms with Crippen LogP contribution >= 0.6 is 23.4 Å². The fourth-order valence-corrected chi connectivity index (χ4v) is 12.1. The van der Waals surface area contributed by atoms with Crippen molar-refractivity contribution in [3.63, 3.8) is 0 Å². The van der Waals surface area contributed by atoms with Gasteiger partial charge in [-0.25, -0.2) is 21.6 Å². The maximum Gasteiger partial charge on any atom is 0.501 e. The van der Waals surface area contributed by atoms with Gasteiger partial charge in [0.1, 0.15) is 4.90 Å². The molecule has 11 nitrogen and oxygen atoms in total. The minimum absolute atomic E-state index is 0.00268. The lowest BCUT2D eigenvalue weighted by Crippen LogP contribution is -2.47. The standard InChI is InChI=1S/C46H51ClF3N5O6S3/c47-35-14-10-32(11-15-35)42-9-5-4-6-34(42)28-53-22-24-54(25-23-53)37-16-12-33(13-17-37)45(56)52-64(59,60)41-18-19-43(44(27-41)63(57,58)46(48,49)50)51-36(31-62-40-7-2-1-3-8-40)20-21-55-29-39-26-38(55)30-61-39/h1-3,7-8,10-19,27,36,38-39,51H,4-6,9,20-26,28-31H2,(H,52,56)/t36-,38?,39?/m1/s1. The van der Waals surface area contributed by atoms with Crippen molar-refractivity contribution in [1.29, 1.82) is 0 Å². The van der Waals surface area contributed by atoms with Crippen LogP contribution in [0, 0.1) is 0 Å². The second-order valence-electron chi connectivity index (χ2n) is 16.7. The predicted octanol–water partition coefficient (Wildman–Crippen LogP) is 8.34. The number of hydrogen-bond donors (Lipinski definition) is 2. The molecule has 0 radical (unpaired) electrons. The molecule has 4 aromatic carbocycles. The van der Waals surface area contributed by atoms with E-state index in [0.717, 1.165) is 86.3 Å². The van der Waals surface area contributed by atoms with Gasteiger partial charge in [0, 0.05) is 84.8 Å². The van der Waals surface area contributed by atoms with Gasteiger partial charge in [0.25, 0.3) is 25.8 Å². The number of benzene rings is 4. The largest absolute Gasteiger partial charge is 0.501 e. The Hall–Kier alpha value is -4.10. The minimum Gasteiger partial charge on any atom is -0.380 e. The summed E-state index contributed by atoms with van der Waals surface area (Å²) in [6, 6.07) is 26.1. The number of sulfonamides is 1. The number of morpholine rings is 1. The Labute approximate surface area is 382 Å². The monoisotopic (exact) mass is 957 g/mol. The Balaban J connectivity index is 0.930. The number of likely N-dealkylation sites (tertiary alicyclic amines) is 1. The summed E-state index contributed by atoms with van der Waals surface area (Å²) in [6.45, 7) is 6.01. The van der Waals surface area contributed by atoms with E-state index in [9.17, 15) is 34.8 Å². The molecule has 3 heterocycles. The number of anilines is 2. The normalized spacial score (nSPS) is 20.4. The minimum atomic E-state index is -6.05. The molecule has 2 bridgehead atoms. The van der Waals surface area contributed by atoms with E-state index in [4.69, 9.17) is 16.3 Å². The van der Waals surface area contributed by atoms with Crippen molar-refractivity contribution >= 4 is 66.1 Å². The van der Waals surface area contributed by atoms with Gasteiger partial charge < -0.3 is 15.0 Å². The van der Waals surface area contributed by atoms with Crippen LogP contribution in [0.15, 0.2) is 117 Å². The first kappa shape index (κ1) is 46.4. The van der Waals surface area contributed by atoms with Crippen molar-refractivity contribution < 1.29 is 39.5 Å². The van der Waals surface area contributed by atoms with E-state index >= 15 is 0 Å². The molecule has 0 aromatic heterocycles. The third kappa shape index (κ3) is 10.9. The van der Waals surface area contributed by atoms with Crippen molar-refractivity contribution in [2.45, 2.75) is 76.9 Å². The number of thioether (sulfide) groups is 1. The number of piperazine rings is 1. The van der Waals surface area contributed by atoms with Crippen LogP contribution in [0.5, 0.6) is 0 Å². The third-order valence-corrected chi connectivity index (χ3v) is 16.8. The second-order valence-corrected chi connectivity index (χ2v) is 21.9. The molecule has 4 aromatic rings. The van der Waals surface area contributed by atoms with Crippen molar-refractivity contribution in [2.24, 2.45) is 0 Å². The highest BCUT2D eigenvalue weighted by Gasteiger charge is 2.48. The number of nitrogens with one attached hydrogen (secondary N) is 2. The van der Waals surface area contributed by atoms with E-state index in [1.807, 2.05) is 47.2 Å². The summed E-state index contributed by atoms with van der Waals surface area (Å²) in [7, 11) is -10.9. The fraction of sp³-hybridized carbons (Fsp3) is 0.413. The Kier molecular flexibility index (Phi) is 14.4. The van der Waals surface area contributed by atoms with Crippen LogP contribution in [-0.4, -0.2) is 114 Å². The third-order valence-electron chi connectivity index (χ3n) is 12.5. The number of alkyl halides is 3. The SMILES string of the molecule is O=C(NS(=O)(=O)c1ccc(N[C@H](CCN2CC3CC2CO3)CSc2ccccc2)c(S(=O)(=O)C(F)(F)F)c1)c1ccc(N2CCN(CC3=C(c4ccc(Cl)cc4)CCCC3)CC2)cc1. The number of halogens is 4. The number of amides is 1. The number of fused-ring (bicyclic) bond motifs is 2. The average Bonchev–Trinajstić information content (AvgIpc) is 3.92. The molecular weight excluding hydrogens is 907 g/mol. The molecule has 4 aliphatic rings. The van der Waals surface area contributed by atoms with E-state index in [1.54, 1.807) is 12.1 Å². The maximum atomic E-state index is 14.2. The summed E-state index contributed by atoms with van der Waals surface area (Å²) in [5, 5.41) is 3.74. The van der Waals surface area contributed by atoms with Gasteiger partial charge in [-0.2, -0.15) is 13.2 Å². The van der Waals surface area contributed by atoms with Crippen LogP contribution in [0.4, 0.5) is 24.5 Å². The molecule has 3 aliphatic heterocycles. The molecule has 3 saturated heterocycles. The molecule has 1 aliphatic carbocycles. The highest BCUT2D eigenvalue weighted by atomic mass is 35.5. The van der Waals surface area contributed by atoms with Crippen molar-refractivity contribution in [3.8, 4) is 0 Å². The molecule has 0 saturated carbocycles. The van der Waals surface area contributed by atoms with Crippen LogP contribution in [-0.2, 0) is 24.6 Å². The second kappa shape index (κ2) is 19.8. The first-order chi connectivity index (χ1) is 30.6. The topological polar surface area (TPSA) is 128 Å². The lowest BCUT2D eigenvalue weighted by molar-refractivity contribution is -0.0435. The number of carbonyl (C=O) groups is 1.